The predicted molar refractivity (Wildman–Crippen MR) is 45.1 cm³/mol. The number of carbonyl (C=O) groups is 2. The maximum absolute atomic E-state index is 11.0. The number of H-pyrrole nitrogens is 1. The van der Waals surface area contributed by atoms with Crippen molar-refractivity contribution in [2.24, 2.45) is 0 Å². The van der Waals surface area contributed by atoms with Crippen LogP contribution in [-0.4, -0.2) is 32.2 Å². The first-order chi connectivity index (χ1) is 6.68. The minimum absolute atomic E-state index is 0.0243. The lowest BCUT2D eigenvalue weighted by Crippen LogP contribution is -2.23. The zero-order chi connectivity index (χ0) is 10.4. The molecule has 3 N–H and O–H groups in total. The summed E-state index contributed by atoms with van der Waals surface area (Å²) in [4.78, 5) is 24.9. The summed E-state index contributed by atoms with van der Waals surface area (Å²) in [6, 6.07) is 0. The smallest absolute Gasteiger partial charge is 0.303 e. The summed E-state index contributed by atoms with van der Waals surface area (Å²) in [7, 11) is 0. The molecule has 1 rings (SSSR count). The Kier molecular flexibility index (Phi) is 3.59. The molecule has 0 aliphatic carbocycles. The highest BCUT2D eigenvalue weighted by molar-refractivity contribution is 5.80. The topological polar surface area (TPSA) is 108 Å². The van der Waals surface area contributed by atoms with Crippen LogP contribution >= 0.6 is 0 Å². The fourth-order valence-corrected chi connectivity index (χ4v) is 0.807. The molecular weight excluding hydrogens is 188 g/mol. The third-order valence-electron chi connectivity index (χ3n) is 1.48. The van der Waals surface area contributed by atoms with Crippen LogP contribution in [0, 0.1) is 0 Å². The number of rotatable bonds is 5. The van der Waals surface area contributed by atoms with E-state index >= 15 is 0 Å². The van der Waals surface area contributed by atoms with Gasteiger partial charge in [0.05, 0.1) is 13.0 Å². The van der Waals surface area contributed by atoms with E-state index in [4.69, 9.17) is 5.11 Å². The summed E-state index contributed by atoms with van der Waals surface area (Å²) >= 11 is 0. The number of nitrogens with zero attached hydrogens (tertiary/aromatic N) is 2. The van der Waals surface area contributed by atoms with Crippen molar-refractivity contribution in [3.8, 4) is 0 Å². The van der Waals surface area contributed by atoms with Crippen molar-refractivity contribution < 1.29 is 14.7 Å². The molecule has 0 unspecified atom stereocenters. The van der Waals surface area contributed by atoms with Gasteiger partial charge in [-0.2, -0.15) is 5.10 Å². The lowest BCUT2D eigenvalue weighted by molar-refractivity contribution is -0.138. The number of amides is 1. The minimum atomic E-state index is -0.986. The Bertz CT molecular complexity index is 309. The second-order valence-corrected chi connectivity index (χ2v) is 2.60. The van der Waals surface area contributed by atoms with Crippen LogP contribution in [0.15, 0.2) is 6.33 Å². The molecule has 7 nitrogen and oxygen atoms in total. The molecule has 0 aliphatic rings. The van der Waals surface area contributed by atoms with E-state index in [1.54, 1.807) is 0 Å². The van der Waals surface area contributed by atoms with Crippen LogP contribution in [0.4, 0.5) is 0 Å². The highest BCUT2D eigenvalue weighted by atomic mass is 16.4. The number of carboxylic acid groups (broad SMARTS) is 1. The minimum Gasteiger partial charge on any atom is -0.481 e. The maximum Gasteiger partial charge on any atom is 0.303 e. The maximum atomic E-state index is 11.0. The van der Waals surface area contributed by atoms with Gasteiger partial charge in [-0.15, -0.1) is 0 Å². The monoisotopic (exact) mass is 198 g/mol. The number of carboxylic acids is 1. The number of aromatic nitrogens is 3. The quantitative estimate of drug-likeness (QED) is 0.579. The molecule has 1 heterocycles. The first-order valence-electron chi connectivity index (χ1n) is 4.01. The number of hydrogen-bond acceptors (Lipinski definition) is 4. The van der Waals surface area contributed by atoms with Gasteiger partial charge in [0.25, 0.3) is 0 Å². The Labute approximate surface area is 79.5 Å². The lowest BCUT2D eigenvalue weighted by atomic mass is 10.3. The lowest BCUT2D eigenvalue weighted by Gasteiger charge is -2.00. The molecule has 7 heteroatoms. The van der Waals surface area contributed by atoms with Crippen LogP contribution in [0.3, 0.4) is 0 Å². The molecule has 0 aromatic carbocycles. The number of nitrogens with one attached hydrogen (secondary N) is 2. The molecular formula is C7H10N4O3. The summed E-state index contributed by atoms with van der Waals surface area (Å²) in [6.45, 7) is 0.235. The summed E-state index contributed by atoms with van der Waals surface area (Å²) in [5.41, 5.74) is 0. The molecule has 0 fully saturated rings. The van der Waals surface area contributed by atoms with E-state index in [0.717, 1.165) is 0 Å². The van der Waals surface area contributed by atoms with Gasteiger partial charge in [-0.25, -0.2) is 4.98 Å². The van der Waals surface area contributed by atoms with Crippen molar-refractivity contribution in [2.45, 2.75) is 19.4 Å². The van der Waals surface area contributed by atoms with Gasteiger partial charge in [0.15, 0.2) is 0 Å². The normalized spacial score (nSPS) is 9.71. The zero-order valence-electron chi connectivity index (χ0n) is 7.36. The molecule has 76 valence electrons. The van der Waals surface area contributed by atoms with Gasteiger partial charge in [0, 0.05) is 6.42 Å². The average Bonchev–Trinajstić information content (AvgIpc) is 2.63. The molecule has 0 saturated carbocycles. The summed E-state index contributed by atoms with van der Waals surface area (Å²) in [5.74, 6) is -0.766. The van der Waals surface area contributed by atoms with Crippen molar-refractivity contribution in [3.63, 3.8) is 0 Å². The second kappa shape index (κ2) is 4.95. The molecule has 0 atom stereocenters. The molecule has 0 saturated heterocycles. The van der Waals surface area contributed by atoms with Crippen LogP contribution < -0.4 is 5.32 Å². The van der Waals surface area contributed by atoms with Crippen LogP contribution in [0.2, 0.25) is 0 Å². The Morgan fingerprint density at radius 2 is 2.29 bits per heavy atom. The Morgan fingerprint density at radius 3 is 2.86 bits per heavy atom. The number of hydrogen-bond donors (Lipinski definition) is 3. The molecule has 0 bridgehead atoms. The van der Waals surface area contributed by atoms with E-state index in [1.807, 2.05) is 0 Å². The van der Waals surface area contributed by atoms with E-state index < -0.39 is 5.97 Å². The van der Waals surface area contributed by atoms with E-state index in [2.05, 4.69) is 20.5 Å². The van der Waals surface area contributed by atoms with E-state index in [9.17, 15) is 9.59 Å². The Morgan fingerprint density at radius 1 is 1.50 bits per heavy atom. The zero-order valence-corrected chi connectivity index (χ0v) is 7.36. The van der Waals surface area contributed by atoms with E-state index in [0.29, 0.717) is 5.82 Å². The van der Waals surface area contributed by atoms with E-state index in [-0.39, 0.29) is 25.3 Å². The molecule has 0 radical (unpaired) electrons. The molecule has 1 amide bonds. The highest BCUT2D eigenvalue weighted by Crippen LogP contribution is 1.90. The van der Waals surface area contributed by atoms with Gasteiger partial charge in [-0.3, -0.25) is 14.7 Å². The fraction of sp³-hybridized carbons (Fsp3) is 0.429. The molecule has 1 aromatic heterocycles. The second-order valence-electron chi connectivity index (χ2n) is 2.60. The number of aromatic amines is 1. The number of carbonyl (C=O) groups excluding carboxylic acids is 1. The van der Waals surface area contributed by atoms with Crippen molar-refractivity contribution in [1.82, 2.24) is 20.5 Å². The van der Waals surface area contributed by atoms with Crippen molar-refractivity contribution in [3.05, 3.63) is 12.2 Å². The Balaban J connectivity index is 2.18. The van der Waals surface area contributed by atoms with Crippen LogP contribution in [0.1, 0.15) is 18.7 Å². The predicted octanol–water partition coefficient (Wildman–Crippen LogP) is -0.714. The van der Waals surface area contributed by atoms with Gasteiger partial charge >= 0.3 is 5.97 Å². The third-order valence-corrected chi connectivity index (χ3v) is 1.48. The van der Waals surface area contributed by atoms with Crippen LogP contribution in [0.25, 0.3) is 0 Å². The number of aliphatic carboxylic acids is 1. The first kappa shape index (κ1) is 10.2. The van der Waals surface area contributed by atoms with Gasteiger partial charge < -0.3 is 10.4 Å². The average molecular weight is 198 g/mol. The van der Waals surface area contributed by atoms with Crippen LogP contribution in [0.5, 0.6) is 0 Å². The van der Waals surface area contributed by atoms with Gasteiger partial charge in [-0.1, -0.05) is 0 Å². The standard InChI is InChI=1S/C7H10N4O3/c12-6(1-2-7(13)14)8-3-5-9-4-10-11-5/h4H,1-3H2,(H,8,12)(H,13,14)(H,9,10,11). The van der Waals surface area contributed by atoms with E-state index in [1.165, 1.54) is 6.33 Å². The van der Waals surface area contributed by atoms with Gasteiger partial charge in [-0.05, 0) is 0 Å². The fourth-order valence-electron chi connectivity index (χ4n) is 0.807. The SMILES string of the molecule is O=C(O)CCC(=O)NCc1ncn[nH]1. The van der Waals surface area contributed by atoms with Crippen molar-refractivity contribution >= 4 is 11.9 Å². The first-order valence-corrected chi connectivity index (χ1v) is 4.01. The largest absolute Gasteiger partial charge is 0.481 e. The third kappa shape index (κ3) is 3.65. The van der Waals surface area contributed by atoms with Gasteiger partial charge in [0.1, 0.15) is 12.2 Å². The van der Waals surface area contributed by atoms with Crippen molar-refractivity contribution in [1.29, 1.82) is 0 Å². The molecule has 1 aromatic rings. The molecule has 14 heavy (non-hydrogen) atoms. The molecule has 0 aliphatic heterocycles. The Hall–Kier alpha value is -1.92. The van der Waals surface area contributed by atoms with Crippen molar-refractivity contribution in [2.75, 3.05) is 0 Å². The highest BCUT2D eigenvalue weighted by Gasteiger charge is 2.05. The summed E-state index contributed by atoms with van der Waals surface area (Å²) in [6.07, 6.45) is 1.14. The molecule has 0 spiro atoms. The summed E-state index contributed by atoms with van der Waals surface area (Å²) < 4.78 is 0. The van der Waals surface area contributed by atoms with Gasteiger partial charge in [0.2, 0.25) is 5.91 Å². The summed E-state index contributed by atoms with van der Waals surface area (Å²) in [5, 5.41) is 17.0. The van der Waals surface area contributed by atoms with Crippen LogP contribution in [-0.2, 0) is 16.1 Å².